The Labute approximate surface area is 203 Å². The van der Waals surface area contributed by atoms with Gasteiger partial charge in [0.1, 0.15) is 4.53 Å². The van der Waals surface area contributed by atoms with Crippen molar-refractivity contribution in [2.45, 2.75) is 19.9 Å². The van der Waals surface area contributed by atoms with Crippen LogP contribution in [0.1, 0.15) is 31.0 Å². The molecule has 7 nitrogen and oxygen atoms in total. The van der Waals surface area contributed by atoms with Gasteiger partial charge in [0.2, 0.25) is 0 Å². The summed E-state index contributed by atoms with van der Waals surface area (Å²) in [4.78, 5) is 46.5. The first kappa shape index (κ1) is 22.3. The molecule has 34 heavy (non-hydrogen) atoms. The van der Waals surface area contributed by atoms with E-state index in [1.54, 1.807) is 45.2 Å². The molecule has 1 amide bonds. The minimum atomic E-state index is -0.758. The molecule has 3 aromatic rings. The molecule has 0 aliphatic carbocycles. The molecule has 0 spiro atoms. The number of halogens is 1. The van der Waals surface area contributed by atoms with Gasteiger partial charge < -0.3 is 9.64 Å². The zero-order valence-electron chi connectivity index (χ0n) is 18.7. The molecule has 172 valence electrons. The van der Waals surface area contributed by atoms with Crippen molar-refractivity contribution < 1.29 is 14.3 Å². The third-order valence-corrected chi connectivity index (χ3v) is 7.26. The monoisotopic (exact) mass is 493 g/mol. The molecule has 0 saturated carbocycles. The summed E-state index contributed by atoms with van der Waals surface area (Å²) in [6, 6.07) is 13.6. The summed E-state index contributed by atoms with van der Waals surface area (Å²) in [7, 11) is 1.69. The molecule has 1 unspecified atom stereocenters. The lowest BCUT2D eigenvalue weighted by Gasteiger charge is -2.24. The second-order valence-electron chi connectivity index (χ2n) is 7.93. The number of thiazole rings is 1. The molecule has 3 heterocycles. The first-order valence-electron chi connectivity index (χ1n) is 10.7. The number of carbonyl (C=O) groups is 2. The van der Waals surface area contributed by atoms with E-state index in [-0.39, 0.29) is 28.2 Å². The van der Waals surface area contributed by atoms with Crippen LogP contribution in [0.15, 0.2) is 69.6 Å². The first-order chi connectivity index (χ1) is 16.3. The number of rotatable bonds is 3. The Morgan fingerprint density at radius 3 is 2.56 bits per heavy atom. The van der Waals surface area contributed by atoms with Crippen LogP contribution in [0, 0.1) is 0 Å². The number of carbonyl (C=O) groups excluding carboxylic acids is 2. The van der Waals surface area contributed by atoms with Crippen molar-refractivity contribution in [3.63, 3.8) is 0 Å². The average molecular weight is 494 g/mol. The average Bonchev–Trinajstić information content (AvgIpc) is 3.26. The van der Waals surface area contributed by atoms with Gasteiger partial charge in [0, 0.05) is 17.6 Å². The maximum atomic E-state index is 13.9. The summed E-state index contributed by atoms with van der Waals surface area (Å²) in [5, 5.41) is 0.535. The number of anilines is 1. The SMILES string of the molecule is CCOC(=O)C1=C(C)N=c2s/c(=C3\C(=O)N(C)c4ccccc43)c(=O)n2C1c1ccc(Cl)cc1. The van der Waals surface area contributed by atoms with Gasteiger partial charge >= 0.3 is 5.97 Å². The van der Waals surface area contributed by atoms with Gasteiger partial charge in [-0.3, -0.25) is 14.2 Å². The summed E-state index contributed by atoms with van der Waals surface area (Å²) < 4.78 is 7.07. The normalized spacial score (nSPS) is 18.5. The lowest BCUT2D eigenvalue weighted by atomic mass is 9.96. The molecule has 2 aliphatic heterocycles. The Bertz CT molecular complexity index is 1570. The molecule has 5 rings (SSSR count). The van der Waals surface area contributed by atoms with Crippen molar-refractivity contribution in [2.24, 2.45) is 4.99 Å². The maximum absolute atomic E-state index is 13.9. The molecule has 0 saturated heterocycles. The van der Waals surface area contributed by atoms with Crippen molar-refractivity contribution in [1.29, 1.82) is 0 Å². The smallest absolute Gasteiger partial charge is 0.338 e. The highest BCUT2D eigenvalue weighted by atomic mass is 35.5. The van der Waals surface area contributed by atoms with Crippen molar-refractivity contribution in [2.75, 3.05) is 18.6 Å². The van der Waals surface area contributed by atoms with Crippen molar-refractivity contribution in [3.05, 3.63) is 95.6 Å². The Balaban J connectivity index is 1.83. The number of aromatic nitrogens is 1. The molecular formula is C25H20ClN3O4S. The zero-order chi connectivity index (χ0) is 24.1. The Hall–Kier alpha value is -3.49. The summed E-state index contributed by atoms with van der Waals surface area (Å²) in [5.41, 5.74) is 2.84. The van der Waals surface area contributed by atoms with Gasteiger partial charge in [-0.1, -0.05) is 53.3 Å². The van der Waals surface area contributed by atoms with Crippen molar-refractivity contribution >= 4 is 46.1 Å². The lowest BCUT2D eigenvalue weighted by molar-refractivity contribution is -0.139. The molecule has 2 aliphatic rings. The highest BCUT2D eigenvalue weighted by Gasteiger charge is 2.36. The standard InChI is InChI=1S/C25H20ClN3O4S/c1-4-33-24(32)18-13(2)27-25-29(20(18)14-9-11-15(26)12-10-14)23(31)21(34-25)19-16-7-5-6-8-17(16)28(3)22(19)30/h5-12,20H,4H2,1-3H3/b21-19-. The van der Waals surface area contributed by atoms with Gasteiger partial charge in [-0.25, -0.2) is 9.79 Å². The Kier molecular flexibility index (Phi) is 5.50. The van der Waals surface area contributed by atoms with Crippen LogP contribution in [-0.2, 0) is 14.3 Å². The minimum Gasteiger partial charge on any atom is -0.463 e. The van der Waals surface area contributed by atoms with Crippen LogP contribution in [0.3, 0.4) is 0 Å². The molecule has 0 fully saturated rings. The fourth-order valence-electron chi connectivity index (χ4n) is 4.39. The number of hydrogen-bond donors (Lipinski definition) is 0. The minimum absolute atomic E-state index is 0.190. The molecular weight excluding hydrogens is 474 g/mol. The van der Waals surface area contributed by atoms with E-state index in [1.165, 1.54) is 9.47 Å². The van der Waals surface area contributed by atoms with Gasteiger partial charge in [0.05, 0.1) is 35.2 Å². The predicted molar refractivity (Wildman–Crippen MR) is 131 cm³/mol. The number of likely N-dealkylation sites (N-methyl/N-ethyl adjacent to an activating group) is 1. The number of hydrogen-bond acceptors (Lipinski definition) is 6. The number of ether oxygens (including phenoxy) is 1. The Morgan fingerprint density at radius 2 is 1.85 bits per heavy atom. The van der Waals surface area contributed by atoms with E-state index in [2.05, 4.69) is 4.99 Å². The third-order valence-electron chi connectivity index (χ3n) is 5.96. The number of nitrogens with zero attached hydrogens (tertiary/aromatic N) is 3. The van der Waals surface area contributed by atoms with Crippen LogP contribution in [-0.4, -0.2) is 30.1 Å². The fourth-order valence-corrected chi connectivity index (χ4v) is 5.65. The van der Waals surface area contributed by atoms with Gasteiger partial charge in [-0.15, -0.1) is 0 Å². The molecule has 1 aromatic heterocycles. The van der Waals surface area contributed by atoms with Crippen LogP contribution >= 0.6 is 22.9 Å². The van der Waals surface area contributed by atoms with Crippen LogP contribution in [0.2, 0.25) is 5.02 Å². The van der Waals surface area contributed by atoms with E-state index in [9.17, 15) is 14.4 Å². The molecule has 1 atom stereocenters. The number of amides is 1. The summed E-state index contributed by atoms with van der Waals surface area (Å²) in [6.45, 7) is 3.64. The summed E-state index contributed by atoms with van der Waals surface area (Å²) in [6.07, 6.45) is 0. The highest BCUT2D eigenvalue weighted by Crippen LogP contribution is 2.34. The number of benzene rings is 2. The van der Waals surface area contributed by atoms with E-state index >= 15 is 0 Å². The summed E-state index contributed by atoms with van der Waals surface area (Å²) >= 11 is 7.24. The summed E-state index contributed by atoms with van der Waals surface area (Å²) in [5.74, 6) is -0.792. The second kappa shape index (κ2) is 8.38. The van der Waals surface area contributed by atoms with Crippen LogP contribution in [0.4, 0.5) is 5.69 Å². The second-order valence-corrected chi connectivity index (χ2v) is 9.34. The van der Waals surface area contributed by atoms with Crippen LogP contribution < -0.4 is 19.8 Å². The molecule has 0 N–H and O–H groups in total. The van der Waals surface area contributed by atoms with E-state index in [0.717, 1.165) is 17.0 Å². The molecule has 0 radical (unpaired) electrons. The first-order valence-corrected chi connectivity index (χ1v) is 11.9. The number of esters is 1. The van der Waals surface area contributed by atoms with Gasteiger partial charge in [0.25, 0.3) is 11.5 Å². The number of fused-ring (bicyclic) bond motifs is 2. The largest absolute Gasteiger partial charge is 0.463 e. The van der Waals surface area contributed by atoms with Gasteiger partial charge in [0.15, 0.2) is 4.80 Å². The molecule has 2 aromatic carbocycles. The van der Waals surface area contributed by atoms with E-state index < -0.39 is 12.0 Å². The van der Waals surface area contributed by atoms with Crippen LogP contribution in [0.25, 0.3) is 5.57 Å². The third kappa shape index (κ3) is 3.33. The van der Waals surface area contributed by atoms with E-state index in [1.807, 2.05) is 24.3 Å². The van der Waals surface area contributed by atoms with Crippen LogP contribution in [0.5, 0.6) is 0 Å². The van der Waals surface area contributed by atoms with Gasteiger partial charge in [-0.2, -0.15) is 0 Å². The lowest BCUT2D eigenvalue weighted by Crippen LogP contribution is -2.40. The van der Waals surface area contributed by atoms with Crippen molar-refractivity contribution in [3.8, 4) is 0 Å². The maximum Gasteiger partial charge on any atom is 0.338 e. The zero-order valence-corrected chi connectivity index (χ0v) is 20.2. The number of para-hydroxylation sites is 1. The fraction of sp³-hybridized carbons (Fsp3) is 0.200. The number of allylic oxidation sites excluding steroid dienone is 1. The molecule has 9 heteroatoms. The Morgan fingerprint density at radius 1 is 1.15 bits per heavy atom. The quantitative estimate of drug-likeness (QED) is 0.525. The predicted octanol–water partition coefficient (Wildman–Crippen LogP) is 2.80. The topological polar surface area (TPSA) is 81.0 Å². The highest BCUT2D eigenvalue weighted by molar-refractivity contribution is 7.07. The molecule has 0 bridgehead atoms. The van der Waals surface area contributed by atoms with E-state index in [0.29, 0.717) is 32.2 Å². The van der Waals surface area contributed by atoms with Crippen molar-refractivity contribution in [1.82, 2.24) is 4.57 Å². The van der Waals surface area contributed by atoms with Gasteiger partial charge in [-0.05, 0) is 37.6 Å². The van der Waals surface area contributed by atoms with E-state index in [4.69, 9.17) is 16.3 Å².